The second-order valence-corrected chi connectivity index (χ2v) is 10.7. The molecule has 0 nitrogen and oxygen atoms in total. The van der Waals surface area contributed by atoms with Gasteiger partial charge in [-0.2, -0.15) is 12.1 Å². The summed E-state index contributed by atoms with van der Waals surface area (Å²) in [6.07, 6.45) is 2.36. The molecule has 2 heteroatoms. The van der Waals surface area contributed by atoms with Gasteiger partial charge in [-0.3, -0.25) is 0 Å². The quantitative estimate of drug-likeness (QED) is 0.175. The van der Waals surface area contributed by atoms with Gasteiger partial charge in [0, 0.05) is 9.52 Å². The molecule has 0 bridgehead atoms. The standard InChI is InChI=1S/2C14H17.C2H6Si.2CH3.Zr/c2*1-10(2)6-12-4-5-13-7-11(3)8-14(13)9-12;1-3-2;;;/h2*4-5,7-10H,6H2,1-3H3;1-2H3;2*1H3;/q2*-1;;2*-1;+4. The summed E-state index contributed by atoms with van der Waals surface area (Å²) in [7, 11) is 1.08. The molecule has 0 spiro atoms. The van der Waals surface area contributed by atoms with Gasteiger partial charge in [0.05, 0.1) is 0 Å². The first-order valence-electron chi connectivity index (χ1n) is 11.6. The number of benzene rings is 2. The van der Waals surface area contributed by atoms with Crippen molar-refractivity contribution in [2.24, 2.45) is 11.8 Å². The molecule has 182 valence electrons. The van der Waals surface area contributed by atoms with Gasteiger partial charge in [-0.15, -0.1) is 81.2 Å². The largest absolute Gasteiger partial charge is 4.00 e. The van der Waals surface area contributed by atoms with Crippen molar-refractivity contribution in [1.82, 2.24) is 0 Å². The van der Waals surface area contributed by atoms with Crippen LogP contribution < -0.4 is 0 Å². The maximum Gasteiger partial charge on any atom is 4.00 e. The summed E-state index contributed by atoms with van der Waals surface area (Å²) in [5.41, 5.74) is 5.64. The predicted octanol–water partition coefficient (Wildman–Crippen LogP) is 9.82. The van der Waals surface area contributed by atoms with Crippen LogP contribution in [-0.4, -0.2) is 9.52 Å². The number of fused-ring (bicyclic) bond motifs is 2. The Kier molecular flexibility index (Phi) is 17.7. The fraction of sp³-hybridized carbons (Fsp3) is 0.375. The van der Waals surface area contributed by atoms with Crippen LogP contribution in [0.4, 0.5) is 0 Å². The molecular weight excluding hydrogens is 504 g/mol. The number of hydrogen-bond acceptors (Lipinski definition) is 0. The molecule has 0 unspecified atom stereocenters. The van der Waals surface area contributed by atoms with E-state index in [1.807, 2.05) is 0 Å². The number of aryl methyl sites for hydroxylation is 2. The molecule has 0 aliphatic heterocycles. The second kappa shape index (κ2) is 17.2. The molecule has 4 aromatic rings. The molecule has 0 saturated heterocycles. The molecule has 2 radical (unpaired) electrons. The monoisotopic (exact) mass is 548 g/mol. The summed E-state index contributed by atoms with van der Waals surface area (Å²) >= 11 is 0. The van der Waals surface area contributed by atoms with E-state index in [0.29, 0.717) is 0 Å². The van der Waals surface area contributed by atoms with E-state index in [1.54, 1.807) is 0 Å². The topological polar surface area (TPSA) is 0 Å². The third kappa shape index (κ3) is 11.5. The summed E-state index contributed by atoms with van der Waals surface area (Å²) in [5, 5.41) is 5.52. The van der Waals surface area contributed by atoms with Crippen LogP contribution in [0.15, 0.2) is 60.7 Å². The third-order valence-electron chi connectivity index (χ3n) is 5.12. The normalized spacial score (nSPS) is 9.94. The maximum atomic E-state index is 2.32. The maximum absolute atomic E-state index is 2.32. The number of rotatable bonds is 4. The van der Waals surface area contributed by atoms with Crippen molar-refractivity contribution in [3.63, 3.8) is 0 Å². The van der Waals surface area contributed by atoms with Crippen LogP contribution in [0, 0.1) is 40.5 Å². The fourth-order valence-electron chi connectivity index (χ4n) is 4.02. The average molecular weight is 550 g/mol. The molecule has 0 heterocycles. The Hall–Kier alpha value is -1.24. The van der Waals surface area contributed by atoms with Gasteiger partial charge in [0.15, 0.2) is 0 Å². The van der Waals surface area contributed by atoms with Crippen LogP contribution in [0.1, 0.15) is 49.9 Å². The Morgan fingerprint density at radius 3 is 1.26 bits per heavy atom. The second-order valence-electron chi connectivity index (χ2n) is 9.69. The van der Waals surface area contributed by atoms with Crippen LogP contribution in [0.2, 0.25) is 13.1 Å². The summed E-state index contributed by atoms with van der Waals surface area (Å²) in [6.45, 7) is 17.7. The van der Waals surface area contributed by atoms with Crippen molar-refractivity contribution in [3.8, 4) is 0 Å². The average Bonchev–Trinajstić information content (AvgIpc) is 3.21. The molecule has 0 aliphatic carbocycles. The van der Waals surface area contributed by atoms with E-state index in [1.165, 1.54) is 56.6 Å². The molecule has 4 rings (SSSR count). The predicted molar refractivity (Wildman–Crippen MR) is 156 cm³/mol. The molecule has 0 fully saturated rings. The summed E-state index contributed by atoms with van der Waals surface area (Å²) in [6, 6.07) is 22.6. The van der Waals surface area contributed by atoms with Gasteiger partial charge in [-0.25, -0.2) is 0 Å². The Morgan fingerprint density at radius 1 is 0.647 bits per heavy atom. The van der Waals surface area contributed by atoms with Crippen LogP contribution in [0.5, 0.6) is 0 Å². The summed E-state index contributed by atoms with van der Waals surface area (Å²) in [5.74, 6) is 1.48. The Morgan fingerprint density at radius 2 is 0.971 bits per heavy atom. The zero-order valence-corrected chi connectivity index (χ0v) is 26.8. The van der Waals surface area contributed by atoms with Crippen molar-refractivity contribution >= 4 is 31.1 Å². The molecule has 0 saturated carbocycles. The Balaban J connectivity index is 0. The molecule has 0 aliphatic rings. The molecular formula is C32H46SiZr. The van der Waals surface area contributed by atoms with E-state index in [4.69, 9.17) is 0 Å². The van der Waals surface area contributed by atoms with Crippen LogP contribution in [-0.2, 0) is 39.0 Å². The Labute approximate surface area is 233 Å². The van der Waals surface area contributed by atoms with Crippen molar-refractivity contribution in [2.45, 2.75) is 67.5 Å². The van der Waals surface area contributed by atoms with E-state index < -0.39 is 0 Å². The van der Waals surface area contributed by atoms with Gasteiger partial charge < -0.3 is 14.9 Å². The van der Waals surface area contributed by atoms with Crippen molar-refractivity contribution in [1.29, 1.82) is 0 Å². The molecule has 0 amide bonds. The molecule has 34 heavy (non-hydrogen) atoms. The van der Waals surface area contributed by atoms with Crippen molar-refractivity contribution < 1.29 is 26.2 Å². The van der Waals surface area contributed by atoms with Gasteiger partial charge in [0.1, 0.15) is 0 Å². The molecule has 0 aromatic heterocycles. The van der Waals surface area contributed by atoms with Crippen LogP contribution in [0.25, 0.3) is 21.5 Å². The van der Waals surface area contributed by atoms with Crippen molar-refractivity contribution in [2.75, 3.05) is 0 Å². The zero-order chi connectivity index (χ0) is 23.0. The van der Waals surface area contributed by atoms with Gasteiger partial charge in [-0.1, -0.05) is 65.8 Å². The minimum atomic E-state index is 0. The summed E-state index contributed by atoms with van der Waals surface area (Å²) < 4.78 is 0. The first-order chi connectivity index (χ1) is 14.7. The van der Waals surface area contributed by atoms with Gasteiger partial charge in [-0.05, 0) is 24.7 Å². The van der Waals surface area contributed by atoms with Gasteiger partial charge >= 0.3 is 26.2 Å². The van der Waals surface area contributed by atoms with E-state index in [-0.39, 0.29) is 41.1 Å². The SMILES string of the molecule is C[Si]C.Cc1cc2cc(CC(C)C)ccc2[cH-]1.Cc1cc2cc(CC(C)C)ccc2[cH-]1.[CH3-].[CH3-].[Zr+4]. The molecule has 0 atom stereocenters. The summed E-state index contributed by atoms with van der Waals surface area (Å²) in [4.78, 5) is 0. The number of hydrogen-bond donors (Lipinski definition) is 0. The van der Waals surface area contributed by atoms with Gasteiger partial charge in [0.2, 0.25) is 0 Å². The fourth-order valence-corrected chi connectivity index (χ4v) is 4.02. The first kappa shape index (κ1) is 34.9. The Bertz CT molecular complexity index is 979. The molecule has 0 N–H and O–H groups in total. The third-order valence-corrected chi connectivity index (χ3v) is 5.12. The minimum absolute atomic E-state index is 0. The van der Waals surface area contributed by atoms with Crippen LogP contribution in [0.3, 0.4) is 0 Å². The zero-order valence-electron chi connectivity index (χ0n) is 23.3. The van der Waals surface area contributed by atoms with E-state index in [9.17, 15) is 0 Å². The van der Waals surface area contributed by atoms with E-state index >= 15 is 0 Å². The first-order valence-corrected chi connectivity index (χ1v) is 13.6. The minimum Gasteiger partial charge on any atom is -0.358 e. The van der Waals surface area contributed by atoms with E-state index in [0.717, 1.165) is 21.4 Å². The van der Waals surface area contributed by atoms with Crippen LogP contribution >= 0.6 is 0 Å². The smallest absolute Gasteiger partial charge is 0.358 e. The molecule has 4 aromatic carbocycles. The van der Waals surface area contributed by atoms with Gasteiger partial charge in [0.25, 0.3) is 0 Å². The van der Waals surface area contributed by atoms with Crippen molar-refractivity contribution in [3.05, 3.63) is 97.8 Å². The van der Waals surface area contributed by atoms with E-state index in [2.05, 4.69) is 115 Å².